The second-order valence-electron chi connectivity index (χ2n) is 10.2. The number of hydrogen-bond acceptors (Lipinski definition) is 8. The number of esters is 1. The quantitative estimate of drug-likeness (QED) is 0.124. The Balaban J connectivity index is 1.12. The topological polar surface area (TPSA) is 109 Å². The van der Waals surface area contributed by atoms with Gasteiger partial charge in [-0.05, 0) is 73.5 Å². The van der Waals surface area contributed by atoms with Crippen molar-refractivity contribution >= 4 is 22.9 Å². The number of amides is 1. The number of fused-ring (bicyclic) bond motifs is 1. The molecule has 1 heterocycles. The average molecular weight is 606 g/mol. The molecule has 0 fully saturated rings. The van der Waals surface area contributed by atoms with Gasteiger partial charge in [-0.2, -0.15) is 0 Å². The minimum Gasteiger partial charge on any atom is -0.490 e. The van der Waals surface area contributed by atoms with E-state index >= 15 is 0 Å². The van der Waals surface area contributed by atoms with Crippen LogP contribution in [0, 0.1) is 6.92 Å². The van der Waals surface area contributed by atoms with Crippen LogP contribution in [0.2, 0.25) is 0 Å². The van der Waals surface area contributed by atoms with Gasteiger partial charge < -0.3 is 24.3 Å². The second-order valence-corrected chi connectivity index (χ2v) is 10.2. The van der Waals surface area contributed by atoms with Crippen LogP contribution in [0.25, 0.3) is 11.0 Å². The highest BCUT2D eigenvalue weighted by Gasteiger charge is 2.23. The number of carbonyl (C=O) groups excluding carboxylic acids is 2. The first-order valence-electron chi connectivity index (χ1n) is 14.8. The van der Waals surface area contributed by atoms with Gasteiger partial charge in [0, 0.05) is 12.0 Å². The van der Waals surface area contributed by atoms with Crippen LogP contribution in [-0.4, -0.2) is 47.7 Å². The Hall–Kier alpha value is -5.44. The smallest absolute Gasteiger partial charge is 0.328 e. The van der Waals surface area contributed by atoms with Gasteiger partial charge in [-0.25, -0.2) is 14.8 Å². The highest BCUT2D eigenvalue weighted by atomic mass is 16.5. The Morgan fingerprint density at radius 2 is 1.33 bits per heavy atom. The van der Waals surface area contributed by atoms with E-state index in [0.29, 0.717) is 35.2 Å². The standard InChI is InChI=1S/C36H35N3O6/c1-3-42-36(41)33(23-26-13-17-30(18-14-26)45-24-27-9-5-4-6-10-27)38-34(40)28-15-19-29(20-16-28)43-21-22-44-35-25(2)37-31-11-7-8-12-32(31)39-35/h4-20,33H,3,21-24H2,1-2H3,(H,38,40)/t33-/m0/s1. The van der Waals surface area contributed by atoms with Crippen molar-refractivity contribution in [3.63, 3.8) is 0 Å². The highest BCUT2D eigenvalue weighted by Crippen LogP contribution is 2.19. The fraction of sp³-hybridized carbons (Fsp3) is 0.222. The van der Waals surface area contributed by atoms with Gasteiger partial charge in [-0.1, -0.05) is 54.6 Å². The molecule has 45 heavy (non-hydrogen) atoms. The third-order valence-electron chi connectivity index (χ3n) is 6.90. The van der Waals surface area contributed by atoms with Gasteiger partial charge in [0.2, 0.25) is 5.88 Å². The van der Waals surface area contributed by atoms with E-state index in [-0.39, 0.29) is 26.2 Å². The van der Waals surface area contributed by atoms with Crippen LogP contribution in [0.5, 0.6) is 17.4 Å². The van der Waals surface area contributed by atoms with Gasteiger partial charge in [-0.3, -0.25) is 4.79 Å². The zero-order chi connectivity index (χ0) is 31.4. The fourth-order valence-electron chi connectivity index (χ4n) is 4.59. The number of nitrogens with one attached hydrogen (secondary N) is 1. The van der Waals surface area contributed by atoms with Gasteiger partial charge in [0.25, 0.3) is 5.91 Å². The van der Waals surface area contributed by atoms with E-state index in [2.05, 4.69) is 15.3 Å². The molecule has 4 aromatic carbocycles. The normalized spacial score (nSPS) is 11.4. The molecular formula is C36H35N3O6. The molecule has 0 aliphatic rings. The monoisotopic (exact) mass is 605 g/mol. The van der Waals surface area contributed by atoms with Crippen LogP contribution in [-0.2, 0) is 22.6 Å². The first kappa shape index (κ1) is 31.0. The molecule has 0 unspecified atom stereocenters. The number of aryl methyl sites for hydroxylation is 1. The largest absolute Gasteiger partial charge is 0.490 e. The van der Waals surface area contributed by atoms with Gasteiger partial charge in [0.15, 0.2) is 0 Å². The number of nitrogens with zero attached hydrogens (tertiary/aromatic N) is 2. The van der Waals surface area contributed by atoms with Crippen LogP contribution in [0.3, 0.4) is 0 Å². The molecule has 9 heteroatoms. The molecule has 0 saturated carbocycles. The molecule has 0 saturated heterocycles. The second kappa shape index (κ2) is 15.3. The zero-order valence-electron chi connectivity index (χ0n) is 25.3. The van der Waals surface area contributed by atoms with Crippen LogP contribution in [0.1, 0.15) is 34.1 Å². The SMILES string of the molecule is CCOC(=O)[C@H](Cc1ccc(OCc2ccccc2)cc1)NC(=O)c1ccc(OCCOc2nc3ccccc3nc2C)cc1. The van der Waals surface area contributed by atoms with Crippen molar-refractivity contribution in [1.29, 1.82) is 0 Å². The van der Waals surface area contributed by atoms with E-state index in [4.69, 9.17) is 18.9 Å². The molecule has 0 aliphatic heterocycles. The van der Waals surface area contributed by atoms with Crippen LogP contribution >= 0.6 is 0 Å². The lowest BCUT2D eigenvalue weighted by molar-refractivity contribution is -0.145. The lowest BCUT2D eigenvalue weighted by Crippen LogP contribution is -2.43. The summed E-state index contributed by atoms with van der Waals surface area (Å²) in [7, 11) is 0. The van der Waals surface area contributed by atoms with E-state index in [1.807, 2.05) is 85.8 Å². The van der Waals surface area contributed by atoms with Gasteiger partial charge in [-0.15, -0.1) is 0 Å². The molecule has 1 amide bonds. The summed E-state index contributed by atoms with van der Waals surface area (Å²) in [4.78, 5) is 34.8. The number of ether oxygens (including phenoxy) is 4. The number of aromatic nitrogens is 2. The minimum absolute atomic E-state index is 0.209. The maximum atomic E-state index is 13.1. The number of benzene rings is 4. The summed E-state index contributed by atoms with van der Waals surface area (Å²) >= 11 is 0. The predicted molar refractivity (Wildman–Crippen MR) is 171 cm³/mol. The Morgan fingerprint density at radius 1 is 0.711 bits per heavy atom. The molecule has 1 N–H and O–H groups in total. The fourth-order valence-corrected chi connectivity index (χ4v) is 4.59. The maximum Gasteiger partial charge on any atom is 0.328 e. The zero-order valence-corrected chi connectivity index (χ0v) is 25.3. The molecule has 230 valence electrons. The van der Waals surface area contributed by atoms with E-state index in [0.717, 1.165) is 22.2 Å². The summed E-state index contributed by atoms with van der Waals surface area (Å²) < 4.78 is 22.7. The van der Waals surface area contributed by atoms with Crippen molar-refractivity contribution in [1.82, 2.24) is 15.3 Å². The summed E-state index contributed by atoms with van der Waals surface area (Å²) in [6, 6.07) is 30.8. The number of carbonyl (C=O) groups is 2. The third-order valence-corrected chi connectivity index (χ3v) is 6.90. The first-order chi connectivity index (χ1) is 22.0. The van der Waals surface area contributed by atoms with Gasteiger partial charge >= 0.3 is 5.97 Å². The van der Waals surface area contributed by atoms with Gasteiger partial charge in [0.1, 0.15) is 43.1 Å². The molecule has 0 bridgehead atoms. The third kappa shape index (κ3) is 8.79. The van der Waals surface area contributed by atoms with E-state index in [1.54, 1.807) is 31.2 Å². The van der Waals surface area contributed by atoms with Crippen molar-refractivity contribution in [2.45, 2.75) is 32.9 Å². The van der Waals surface area contributed by atoms with Crippen molar-refractivity contribution in [2.75, 3.05) is 19.8 Å². The molecule has 5 aromatic rings. The molecule has 0 spiro atoms. The molecule has 1 aromatic heterocycles. The molecule has 5 rings (SSSR count). The lowest BCUT2D eigenvalue weighted by Gasteiger charge is -2.18. The summed E-state index contributed by atoms with van der Waals surface area (Å²) in [5.41, 5.74) is 4.60. The van der Waals surface area contributed by atoms with Crippen molar-refractivity contribution in [3.05, 3.63) is 126 Å². The Kier molecular flexibility index (Phi) is 10.6. The molecular weight excluding hydrogens is 570 g/mol. The summed E-state index contributed by atoms with van der Waals surface area (Å²) in [5, 5.41) is 2.82. The van der Waals surface area contributed by atoms with Crippen LogP contribution in [0.4, 0.5) is 0 Å². The number of para-hydroxylation sites is 2. The van der Waals surface area contributed by atoms with Crippen LogP contribution in [0.15, 0.2) is 103 Å². The van der Waals surface area contributed by atoms with Gasteiger partial charge in [0.05, 0.1) is 17.6 Å². The highest BCUT2D eigenvalue weighted by molar-refractivity contribution is 5.97. The maximum absolute atomic E-state index is 13.1. The Morgan fingerprint density at radius 3 is 2.04 bits per heavy atom. The lowest BCUT2D eigenvalue weighted by atomic mass is 10.0. The van der Waals surface area contributed by atoms with Crippen LogP contribution < -0.4 is 19.5 Å². The summed E-state index contributed by atoms with van der Waals surface area (Å²) in [6.07, 6.45) is 0.270. The number of rotatable bonds is 14. The summed E-state index contributed by atoms with van der Waals surface area (Å²) in [5.74, 6) is 0.865. The molecule has 0 aliphatic carbocycles. The molecule has 9 nitrogen and oxygen atoms in total. The van der Waals surface area contributed by atoms with E-state index < -0.39 is 17.9 Å². The van der Waals surface area contributed by atoms with Crippen molar-refractivity contribution in [2.24, 2.45) is 0 Å². The average Bonchev–Trinajstić information content (AvgIpc) is 3.07. The Labute approximate surface area is 262 Å². The molecule has 1 atom stereocenters. The van der Waals surface area contributed by atoms with E-state index in [9.17, 15) is 9.59 Å². The van der Waals surface area contributed by atoms with Crippen molar-refractivity contribution in [3.8, 4) is 17.4 Å². The predicted octanol–water partition coefficient (Wildman–Crippen LogP) is 5.88. The Bertz CT molecular complexity index is 1710. The van der Waals surface area contributed by atoms with E-state index in [1.165, 1.54) is 0 Å². The summed E-state index contributed by atoms with van der Waals surface area (Å²) in [6.45, 7) is 4.80. The minimum atomic E-state index is -0.858. The number of hydrogen-bond donors (Lipinski definition) is 1. The van der Waals surface area contributed by atoms with Crippen molar-refractivity contribution < 1.29 is 28.5 Å². The first-order valence-corrected chi connectivity index (χ1v) is 14.8. The molecule has 0 radical (unpaired) electrons.